The number of halogens is 1. The number of nitrogens with zero attached hydrogens (tertiary/aromatic N) is 1. The van der Waals surface area contributed by atoms with Crippen LogP contribution in [0.4, 0.5) is 4.39 Å². The first kappa shape index (κ1) is 30.4. The summed E-state index contributed by atoms with van der Waals surface area (Å²) in [5.41, 5.74) is -4.61. The minimum Gasteiger partial charge on any atom is -0.462 e. The van der Waals surface area contributed by atoms with Crippen molar-refractivity contribution in [3.63, 3.8) is 0 Å². The Bertz CT molecular complexity index is 1370. The molecule has 15 heteroatoms. The number of ether oxygens (including phenoxy) is 2. The van der Waals surface area contributed by atoms with Gasteiger partial charge in [0.2, 0.25) is 0 Å². The second-order valence-corrected chi connectivity index (χ2v) is 11.0. The Kier molecular flexibility index (Phi) is 9.00. The van der Waals surface area contributed by atoms with Crippen LogP contribution in [-0.4, -0.2) is 62.0 Å². The highest BCUT2D eigenvalue weighted by atomic mass is 31.2. The third-order valence-corrected chi connectivity index (χ3v) is 7.38. The van der Waals surface area contributed by atoms with E-state index in [0.29, 0.717) is 4.57 Å². The van der Waals surface area contributed by atoms with Crippen LogP contribution in [0.3, 0.4) is 0 Å². The van der Waals surface area contributed by atoms with E-state index in [9.17, 15) is 29.2 Å². The Morgan fingerprint density at radius 1 is 1.28 bits per heavy atom. The van der Waals surface area contributed by atoms with E-state index in [2.05, 4.69) is 11.7 Å². The van der Waals surface area contributed by atoms with Crippen LogP contribution in [0.25, 0.3) is 0 Å². The van der Waals surface area contributed by atoms with Gasteiger partial charge in [0.25, 0.3) is 11.4 Å². The Morgan fingerprint density at radius 3 is 2.49 bits per heavy atom. The van der Waals surface area contributed by atoms with Crippen molar-refractivity contribution >= 4 is 13.7 Å². The third-order valence-electron chi connectivity index (χ3n) is 5.75. The molecule has 2 aromatic rings. The molecule has 3 rings (SSSR count). The molecule has 214 valence electrons. The van der Waals surface area contributed by atoms with Crippen LogP contribution in [0.5, 0.6) is 5.75 Å². The fourth-order valence-corrected chi connectivity index (χ4v) is 5.25. The summed E-state index contributed by atoms with van der Waals surface area (Å²) in [5, 5.41) is 24.5. The number of aliphatic hydroxyl groups is 2. The molecule has 13 nitrogen and oxygen atoms in total. The number of hydrogen-bond acceptors (Lipinski definition) is 10. The summed E-state index contributed by atoms with van der Waals surface area (Å²) in [5.74, 6) is -4.05. The minimum atomic E-state index is -4.59. The van der Waals surface area contributed by atoms with Gasteiger partial charge in [-0.2, -0.15) is 5.09 Å². The monoisotopic (exact) mass is 571 g/mol. The highest BCUT2D eigenvalue weighted by molar-refractivity contribution is 7.52. The number of carbonyl (C=O) groups is 1. The first-order valence-corrected chi connectivity index (χ1v) is 13.4. The fraction of sp³-hybridized carbons (Fsp3) is 0.458. The first-order chi connectivity index (χ1) is 18.1. The van der Waals surface area contributed by atoms with Gasteiger partial charge in [0.05, 0.1) is 6.10 Å². The lowest BCUT2D eigenvalue weighted by molar-refractivity contribution is -0.204. The molecule has 0 amide bonds. The highest BCUT2D eigenvalue weighted by Crippen LogP contribution is 2.51. The predicted molar refractivity (Wildman–Crippen MR) is 136 cm³/mol. The molecule has 1 saturated heterocycles. The van der Waals surface area contributed by atoms with Crippen LogP contribution in [0.2, 0.25) is 0 Å². The maximum absolute atomic E-state index is 16.2. The van der Waals surface area contributed by atoms with Gasteiger partial charge in [-0.1, -0.05) is 24.8 Å². The predicted octanol–water partition coefficient (Wildman–Crippen LogP) is 1.53. The van der Waals surface area contributed by atoms with E-state index in [1.165, 1.54) is 26.0 Å². The summed E-state index contributed by atoms with van der Waals surface area (Å²) >= 11 is 0. The standard InChI is InChI=1S/C24H31FN3O10P/c1-14(2)24(33)20(31)23(25,37-21(24)28-12-11-18(29)26-22(28)32)13-35-39(34,38-17-9-7-6-8-10-17)27-16(5)19(30)36-15(3)4/h6-12,15-16,20-21,31,33H,1,13H2,2-5H3,(H,27,34)(H,26,29,32). The zero-order valence-electron chi connectivity index (χ0n) is 21.7. The Morgan fingerprint density at radius 2 is 1.92 bits per heavy atom. The molecule has 1 aliphatic rings. The van der Waals surface area contributed by atoms with E-state index in [4.69, 9.17) is 18.5 Å². The number of aliphatic hydroxyl groups excluding tert-OH is 1. The van der Waals surface area contributed by atoms with Crippen LogP contribution >= 0.6 is 7.75 Å². The lowest BCUT2D eigenvalue weighted by Gasteiger charge is -2.32. The Balaban J connectivity index is 1.93. The van der Waals surface area contributed by atoms with Gasteiger partial charge in [0, 0.05) is 12.3 Å². The molecular formula is C24H31FN3O10P. The van der Waals surface area contributed by atoms with Gasteiger partial charge in [-0.25, -0.2) is 13.8 Å². The summed E-state index contributed by atoms with van der Waals surface area (Å²) in [6.45, 7) is 8.06. The van der Waals surface area contributed by atoms with Crippen LogP contribution in [0.1, 0.15) is 33.9 Å². The number of alkyl halides is 1. The summed E-state index contributed by atoms with van der Waals surface area (Å²) < 4.78 is 51.6. The highest BCUT2D eigenvalue weighted by Gasteiger charge is 2.66. The van der Waals surface area contributed by atoms with Crippen molar-refractivity contribution in [3.05, 3.63) is 75.6 Å². The van der Waals surface area contributed by atoms with Crippen molar-refractivity contribution in [2.45, 2.75) is 63.6 Å². The summed E-state index contributed by atoms with van der Waals surface area (Å²) in [6, 6.07) is 7.33. The van der Waals surface area contributed by atoms with E-state index in [0.717, 1.165) is 12.3 Å². The van der Waals surface area contributed by atoms with Gasteiger partial charge in [-0.05, 0) is 45.4 Å². The second kappa shape index (κ2) is 11.5. The van der Waals surface area contributed by atoms with E-state index >= 15 is 4.39 Å². The van der Waals surface area contributed by atoms with Crippen LogP contribution in [0.15, 0.2) is 64.3 Å². The zero-order valence-corrected chi connectivity index (χ0v) is 22.6. The molecular weight excluding hydrogens is 540 g/mol. The number of carbonyl (C=O) groups excluding carboxylic acids is 1. The number of aromatic amines is 1. The molecule has 1 aliphatic heterocycles. The molecule has 0 saturated carbocycles. The van der Waals surface area contributed by atoms with Crippen molar-refractivity contribution in [1.29, 1.82) is 0 Å². The third kappa shape index (κ3) is 6.55. The van der Waals surface area contributed by atoms with Crippen molar-refractivity contribution in [2.75, 3.05) is 6.61 Å². The van der Waals surface area contributed by atoms with Crippen molar-refractivity contribution in [3.8, 4) is 5.75 Å². The topological polar surface area (TPSA) is 178 Å². The molecule has 0 radical (unpaired) electrons. The van der Waals surface area contributed by atoms with Crippen molar-refractivity contribution in [1.82, 2.24) is 14.6 Å². The lowest BCUT2D eigenvalue weighted by Crippen LogP contribution is -2.52. The first-order valence-electron chi connectivity index (χ1n) is 11.8. The lowest BCUT2D eigenvalue weighted by atomic mass is 9.87. The number of esters is 1. The maximum Gasteiger partial charge on any atom is 0.459 e. The quantitative estimate of drug-likeness (QED) is 0.175. The molecule has 6 unspecified atom stereocenters. The number of hydrogen-bond donors (Lipinski definition) is 4. The number of rotatable bonds is 11. The molecule has 1 aromatic heterocycles. The number of benzene rings is 1. The van der Waals surface area contributed by atoms with Crippen molar-refractivity contribution in [2.24, 2.45) is 0 Å². The molecule has 2 heterocycles. The number of para-hydroxylation sites is 1. The molecule has 39 heavy (non-hydrogen) atoms. The Hall–Kier alpha value is -3.13. The largest absolute Gasteiger partial charge is 0.462 e. The molecule has 6 atom stereocenters. The molecule has 0 aliphatic carbocycles. The normalized spacial score (nSPS) is 27.1. The van der Waals surface area contributed by atoms with Gasteiger partial charge in [-0.15, -0.1) is 0 Å². The summed E-state index contributed by atoms with van der Waals surface area (Å²) in [7, 11) is -4.59. The van der Waals surface area contributed by atoms with Gasteiger partial charge in [0.15, 0.2) is 17.9 Å². The smallest absolute Gasteiger partial charge is 0.459 e. The van der Waals surface area contributed by atoms with E-state index in [1.807, 2.05) is 4.98 Å². The van der Waals surface area contributed by atoms with Gasteiger partial charge in [0.1, 0.15) is 18.4 Å². The molecule has 0 bridgehead atoms. The average molecular weight is 571 g/mol. The fourth-order valence-electron chi connectivity index (χ4n) is 3.75. The molecule has 4 N–H and O–H groups in total. The van der Waals surface area contributed by atoms with E-state index in [-0.39, 0.29) is 11.3 Å². The minimum absolute atomic E-state index is 0.0367. The van der Waals surface area contributed by atoms with E-state index in [1.54, 1.807) is 32.0 Å². The van der Waals surface area contributed by atoms with Crippen LogP contribution < -0.4 is 20.9 Å². The maximum atomic E-state index is 16.2. The van der Waals surface area contributed by atoms with Gasteiger partial charge in [-0.3, -0.25) is 23.7 Å². The second-order valence-electron chi connectivity index (χ2n) is 9.29. The van der Waals surface area contributed by atoms with Gasteiger partial charge >= 0.3 is 19.4 Å². The van der Waals surface area contributed by atoms with Crippen LogP contribution in [0, 0.1) is 0 Å². The van der Waals surface area contributed by atoms with E-state index < -0.39 is 67.5 Å². The van der Waals surface area contributed by atoms with Crippen LogP contribution in [-0.2, 0) is 23.4 Å². The Labute approximate surface area is 222 Å². The zero-order chi connectivity index (χ0) is 29.2. The molecule has 1 fully saturated rings. The summed E-state index contributed by atoms with van der Waals surface area (Å²) in [4.78, 5) is 38.1. The number of H-pyrrole nitrogens is 1. The molecule has 0 spiro atoms. The van der Waals surface area contributed by atoms with Gasteiger partial charge < -0.3 is 24.2 Å². The number of aromatic nitrogens is 2. The average Bonchev–Trinajstić information content (AvgIpc) is 3.05. The SMILES string of the molecule is C=C(C)C1(O)C(n2ccc(=O)[nH]c2=O)OC(F)(COP(=O)(NC(C)C(=O)OC(C)C)Oc2ccccc2)C1O. The van der Waals surface area contributed by atoms with Crippen molar-refractivity contribution < 1.29 is 42.5 Å². The molecule has 1 aromatic carbocycles. The number of nitrogens with one attached hydrogen (secondary N) is 2. The summed E-state index contributed by atoms with van der Waals surface area (Å²) in [6.07, 6.45) is -3.88.